The quantitative estimate of drug-likeness (QED) is 0.296. The van der Waals surface area contributed by atoms with Crippen LogP contribution in [0.25, 0.3) is 33.3 Å². The van der Waals surface area contributed by atoms with E-state index in [1.54, 1.807) is 30.9 Å². The van der Waals surface area contributed by atoms with E-state index < -0.39 is 0 Å². The average molecular weight is 454 g/mol. The van der Waals surface area contributed by atoms with Crippen molar-refractivity contribution in [3.8, 4) is 17.5 Å². The summed E-state index contributed by atoms with van der Waals surface area (Å²) in [4.78, 5) is 21.1. The summed E-state index contributed by atoms with van der Waals surface area (Å²) in [6.45, 7) is 0. The van der Waals surface area contributed by atoms with Crippen molar-refractivity contribution in [1.29, 1.82) is 5.26 Å². The lowest BCUT2D eigenvalue weighted by Gasteiger charge is -2.09. The van der Waals surface area contributed by atoms with Crippen molar-refractivity contribution in [2.24, 2.45) is 0 Å². The number of aromatic amines is 1. The minimum Gasteiger partial charge on any atom is -0.355 e. The van der Waals surface area contributed by atoms with Crippen LogP contribution in [0.15, 0.2) is 91.5 Å². The van der Waals surface area contributed by atoms with Crippen molar-refractivity contribution in [2.75, 3.05) is 10.6 Å². The van der Waals surface area contributed by atoms with Gasteiger partial charge in [-0.2, -0.15) is 5.26 Å². The first kappa shape index (κ1) is 20.3. The fourth-order valence-corrected chi connectivity index (χ4v) is 3.90. The Balaban J connectivity index is 1.25. The number of imidazole rings is 1. The van der Waals surface area contributed by atoms with Gasteiger partial charge >= 0.3 is 0 Å². The van der Waals surface area contributed by atoms with Crippen molar-refractivity contribution in [3.63, 3.8) is 0 Å². The highest BCUT2D eigenvalue weighted by Gasteiger charge is 2.09. The molecule has 0 amide bonds. The summed E-state index contributed by atoms with van der Waals surface area (Å²) in [6.07, 6.45) is 7.01. The molecule has 8 nitrogen and oxygen atoms in total. The largest absolute Gasteiger partial charge is 0.355 e. The second-order valence-electron chi connectivity index (χ2n) is 7.94. The van der Waals surface area contributed by atoms with Gasteiger partial charge in [0.25, 0.3) is 0 Å². The molecule has 0 aliphatic heterocycles. The number of nitrogens with one attached hydrogen (secondary N) is 3. The van der Waals surface area contributed by atoms with Gasteiger partial charge in [-0.15, -0.1) is 0 Å². The molecule has 0 fully saturated rings. The van der Waals surface area contributed by atoms with E-state index in [0.29, 0.717) is 11.4 Å². The molecule has 0 radical (unpaired) electrons. The zero-order chi connectivity index (χ0) is 23.6. The molecule has 3 N–H and O–H groups in total. The van der Waals surface area contributed by atoms with Gasteiger partial charge in [-0.1, -0.05) is 0 Å². The highest BCUT2D eigenvalue weighted by Crippen LogP contribution is 2.27. The van der Waals surface area contributed by atoms with Gasteiger partial charge in [0.05, 0.1) is 33.9 Å². The van der Waals surface area contributed by atoms with Gasteiger partial charge < -0.3 is 15.6 Å². The number of aromatic nitrogens is 5. The molecule has 35 heavy (non-hydrogen) atoms. The third-order valence-electron chi connectivity index (χ3n) is 5.62. The number of pyridine rings is 3. The predicted octanol–water partition coefficient (Wildman–Crippen LogP) is 5.93. The highest BCUT2D eigenvalue weighted by atomic mass is 15.0. The standard InChI is InChI=1S/C27H18N8/c28-15-17-1-4-22-21(13-17)23(9-12-30-22)33-26-6-2-18(16-31-26)27-34-24-5-3-20(14-25(24)35-27)32-19-7-10-29-11-8-19/h1-14,16H,(H,29,32)(H,34,35)(H,30,31,33). The smallest absolute Gasteiger partial charge is 0.140 e. The highest BCUT2D eigenvalue weighted by molar-refractivity contribution is 5.93. The van der Waals surface area contributed by atoms with E-state index in [1.165, 1.54) is 0 Å². The molecule has 4 heterocycles. The number of hydrogen-bond acceptors (Lipinski definition) is 7. The number of fused-ring (bicyclic) bond motifs is 2. The summed E-state index contributed by atoms with van der Waals surface area (Å²) in [7, 11) is 0. The molecule has 0 spiro atoms. The van der Waals surface area contributed by atoms with Gasteiger partial charge in [-0.25, -0.2) is 9.97 Å². The maximum Gasteiger partial charge on any atom is 0.140 e. The van der Waals surface area contributed by atoms with Crippen LogP contribution in [0.4, 0.5) is 22.9 Å². The molecule has 8 heteroatoms. The Kier molecular flexibility index (Phi) is 4.98. The van der Waals surface area contributed by atoms with Crippen molar-refractivity contribution in [2.45, 2.75) is 0 Å². The molecular formula is C27H18N8. The monoisotopic (exact) mass is 454 g/mol. The normalized spacial score (nSPS) is 10.8. The lowest BCUT2D eigenvalue weighted by atomic mass is 10.1. The second-order valence-corrected chi connectivity index (χ2v) is 7.94. The van der Waals surface area contributed by atoms with Crippen LogP contribution >= 0.6 is 0 Å². The van der Waals surface area contributed by atoms with Crippen LogP contribution in [0.3, 0.4) is 0 Å². The van der Waals surface area contributed by atoms with Crippen molar-refractivity contribution in [1.82, 2.24) is 24.9 Å². The van der Waals surface area contributed by atoms with Gasteiger partial charge in [-0.05, 0) is 66.7 Å². The van der Waals surface area contributed by atoms with E-state index in [9.17, 15) is 5.26 Å². The van der Waals surface area contributed by atoms with Gasteiger partial charge in [0.1, 0.15) is 11.6 Å². The molecule has 0 unspecified atom stereocenters. The maximum absolute atomic E-state index is 9.23. The topological polar surface area (TPSA) is 115 Å². The number of nitrogens with zero attached hydrogens (tertiary/aromatic N) is 5. The Morgan fingerprint density at radius 2 is 1.66 bits per heavy atom. The molecule has 166 valence electrons. The maximum atomic E-state index is 9.23. The minimum atomic E-state index is 0.584. The molecule has 6 rings (SSSR count). The molecule has 0 saturated carbocycles. The molecule has 0 saturated heterocycles. The summed E-state index contributed by atoms with van der Waals surface area (Å²) in [5, 5.41) is 16.8. The van der Waals surface area contributed by atoms with Crippen LogP contribution in [0.5, 0.6) is 0 Å². The van der Waals surface area contributed by atoms with Crippen LogP contribution in [0, 0.1) is 11.3 Å². The number of rotatable bonds is 5. The number of H-pyrrole nitrogens is 1. The van der Waals surface area contributed by atoms with Gasteiger partial charge in [0, 0.05) is 47.1 Å². The fourth-order valence-electron chi connectivity index (χ4n) is 3.90. The van der Waals surface area contributed by atoms with Crippen LogP contribution in [0.1, 0.15) is 5.56 Å². The van der Waals surface area contributed by atoms with Gasteiger partial charge in [-0.3, -0.25) is 9.97 Å². The Bertz CT molecular complexity index is 1700. The molecule has 4 aromatic heterocycles. The summed E-state index contributed by atoms with van der Waals surface area (Å²) < 4.78 is 0. The van der Waals surface area contributed by atoms with E-state index >= 15 is 0 Å². The van der Waals surface area contributed by atoms with Gasteiger partial charge in [0.2, 0.25) is 0 Å². The zero-order valence-corrected chi connectivity index (χ0v) is 18.4. The van der Waals surface area contributed by atoms with E-state index in [1.807, 2.05) is 60.7 Å². The van der Waals surface area contributed by atoms with Crippen LogP contribution in [0.2, 0.25) is 0 Å². The second kappa shape index (κ2) is 8.57. The molecule has 0 bridgehead atoms. The number of hydrogen-bond donors (Lipinski definition) is 3. The summed E-state index contributed by atoms with van der Waals surface area (Å²) in [6, 6.07) is 23.2. The first-order chi connectivity index (χ1) is 17.2. The SMILES string of the molecule is N#Cc1ccc2nccc(Nc3ccc(-c4nc5ccc(Nc6ccncc6)cc5[nH]4)cn3)c2c1. The first-order valence-corrected chi connectivity index (χ1v) is 10.9. The molecule has 0 aliphatic carbocycles. The molecule has 0 atom stereocenters. The van der Waals surface area contributed by atoms with E-state index in [4.69, 9.17) is 4.98 Å². The first-order valence-electron chi connectivity index (χ1n) is 10.9. The molecule has 2 aromatic carbocycles. The fraction of sp³-hybridized carbons (Fsp3) is 0. The predicted molar refractivity (Wildman–Crippen MR) is 137 cm³/mol. The Hall–Kier alpha value is -5.29. The molecule has 0 aliphatic rings. The lowest BCUT2D eigenvalue weighted by molar-refractivity contribution is 1.27. The van der Waals surface area contributed by atoms with Crippen molar-refractivity contribution in [3.05, 3.63) is 97.1 Å². The molecular weight excluding hydrogens is 436 g/mol. The summed E-state index contributed by atoms with van der Waals surface area (Å²) in [5.41, 5.74) is 6.84. The van der Waals surface area contributed by atoms with Crippen molar-refractivity contribution >= 4 is 44.8 Å². The third-order valence-corrected chi connectivity index (χ3v) is 5.62. The molecule has 6 aromatic rings. The summed E-state index contributed by atoms with van der Waals surface area (Å²) >= 11 is 0. The third kappa shape index (κ3) is 4.10. The van der Waals surface area contributed by atoms with Crippen molar-refractivity contribution < 1.29 is 0 Å². The number of anilines is 4. The van der Waals surface area contributed by atoms with Crippen LogP contribution in [-0.4, -0.2) is 24.9 Å². The number of benzene rings is 2. The zero-order valence-electron chi connectivity index (χ0n) is 18.4. The Labute approximate surface area is 200 Å². The average Bonchev–Trinajstić information content (AvgIpc) is 3.33. The van der Waals surface area contributed by atoms with Gasteiger partial charge in [0.15, 0.2) is 0 Å². The van der Waals surface area contributed by atoms with E-state index in [0.717, 1.165) is 50.4 Å². The minimum absolute atomic E-state index is 0.584. The van der Waals surface area contributed by atoms with Crippen LogP contribution in [-0.2, 0) is 0 Å². The Morgan fingerprint density at radius 1 is 0.771 bits per heavy atom. The lowest BCUT2D eigenvalue weighted by Crippen LogP contribution is -1.96. The van der Waals surface area contributed by atoms with E-state index in [-0.39, 0.29) is 0 Å². The van der Waals surface area contributed by atoms with E-state index in [2.05, 4.69) is 36.6 Å². The van der Waals surface area contributed by atoms with Crippen LogP contribution < -0.4 is 10.6 Å². The Morgan fingerprint density at radius 3 is 2.49 bits per heavy atom. The summed E-state index contributed by atoms with van der Waals surface area (Å²) in [5.74, 6) is 1.43. The number of nitriles is 1.